The van der Waals surface area contributed by atoms with E-state index in [0.717, 1.165) is 43.0 Å². The Morgan fingerprint density at radius 3 is 2.62 bits per heavy atom. The van der Waals surface area contributed by atoms with Crippen molar-refractivity contribution in [1.29, 1.82) is 0 Å². The second-order valence-corrected chi connectivity index (χ2v) is 6.92. The van der Waals surface area contributed by atoms with E-state index in [4.69, 9.17) is 14.2 Å². The summed E-state index contributed by atoms with van der Waals surface area (Å²) in [6.45, 7) is 5.11. The van der Waals surface area contributed by atoms with Crippen LogP contribution in [0.4, 0.5) is 0 Å². The van der Waals surface area contributed by atoms with Crippen molar-refractivity contribution < 1.29 is 28.7 Å². The smallest absolute Gasteiger partial charge is 0.309 e. The van der Waals surface area contributed by atoms with Crippen LogP contribution in [-0.4, -0.2) is 51.8 Å². The number of quaternary nitrogens is 1. The standard InChI is InChI=1S/C19H26N2O5/c1-13(15-3-4-16-17(11-15)26-10-9-25-16)20-18(22)12-21-7-5-14(6-8-21)19(23)24-2/h3-4,11,13-14H,5-10,12H2,1-2H3,(H,20,22)/p+1/t13-/m1/s1. The molecule has 3 rings (SSSR count). The minimum Gasteiger partial charge on any atom is -0.486 e. The van der Waals surface area contributed by atoms with Crippen molar-refractivity contribution in [1.82, 2.24) is 5.32 Å². The maximum atomic E-state index is 12.4. The van der Waals surface area contributed by atoms with Crippen LogP contribution in [0.3, 0.4) is 0 Å². The molecule has 1 aromatic rings. The van der Waals surface area contributed by atoms with Crippen molar-refractivity contribution in [2.24, 2.45) is 5.92 Å². The van der Waals surface area contributed by atoms with Gasteiger partial charge in [0.15, 0.2) is 18.0 Å². The summed E-state index contributed by atoms with van der Waals surface area (Å²) < 4.78 is 15.9. The molecule has 1 atom stereocenters. The van der Waals surface area contributed by atoms with Gasteiger partial charge < -0.3 is 24.4 Å². The molecule has 0 unspecified atom stereocenters. The zero-order valence-corrected chi connectivity index (χ0v) is 15.4. The molecule has 0 bridgehead atoms. The van der Waals surface area contributed by atoms with Crippen LogP contribution in [0.2, 0.25) is 0 Å². The third kappa shape index (κ3) is 4.46. The van der Waals surface area contributed by atoms with Crippen LogP contribution in [-0.2, 0) is 14.3 Å². The lowest BCUT2D eigenvalue weighted by atomic mass is 9.97. The van der Waals surface area contributed by atoms with E-state index in [1.807, 2.05) is 25.1 Å². The van der Waals surface area contributed by atoms with Crippen molar-refractivity contribution in [3.05, 3.63) is 23.8 Å². The van der Waals surface area contributed by atoms with Gasteiger partial charge >= 0.3 is 5.97 Å². The number of likely N-dealkylation sites (tertiary alicyclic amines) is 1. The number of hydrogen-bond donors (Lipinski definition) is 2. The number of carbonyl (C=O) groups excluding carboxylic acids is 2. The van der Waals surface area contributed by atoms with Crippen LogP contribution < -0.4 is 19.7 Å². The van der Waals surface area contributed by atoms with Crippen LogP contribution in [0, 0.1) is 5.92 Å². The van der Waals surface area contributed by atoms with Crippen molar-refractivity contribution in [3.8, 4) is 11.5 Å². The lowest BCUT2D eigenvalue weighted by molar-refractivity contribution is -0.897. The topological polar surface area (TPSA) is 78.3 Å². The van der Waals surface area contributed by atoms with Crippen LogP contribution in [0.5, 0.6) is 11.5 Å². The van der Waals surface area contributed by atoms with E-state index in [2.05, 4.69) is 5.32 Å². The largest absolute Gasteiger partial charge is 0.486 e. The average molecular weight is 363 g/mol. The zero-order valence-electron chi connectivity index (χ0n) is 15.4. The normalized spacial score (nSPS) is 23.0. The van der Waals surface area contributed by atoms with Gasteiger partial charge in [0.25, 0.3) is 5.91 Å². The van der Waals surface area contributed by atoms with Gasteiger partial charge in [-0.1, -0.05) is 6.07 Å². The molecule has 2 aliphatic heterocycles. The van der Waals surface area contributed by atoms with Crippen molar-refractivity contribution in [3.63, 3.8) is 0 Å². The predicted molar refractivity (Wildman–Crippen MR) is 94.3 cm³/mol. The van der Waals surface area contributed by atoms with E-state index in [0.29, 0.717) is 19.8 Å². The molecule has 1 aromatic carbocycles. The van der Waals surface area contributed by atoms with E-state index < -0.39 is 0 Å². The highest BCUT2D eigenvalue weighted by molar-refractivity contribution is 5.77. The summed E-state index contributed by atoms with van der Waals surface area (Å²) in [5.74, 6) is 1.32. The Morgan fingerprint density at radius 2 is 1.92 bits per heavy atom. The van der Waals surface area contributed by atoms with E-state index in [1.54, 1.807) is 0 Å². The lowest BCUT2D eigenvalue weighted by Gasteiger charge is -2.28. The summed E-state index contributed by atoms with van der Waals surface area (Å²) in [5, 5.41) is 3.05. The molecule has 1 saturated heterocycles. The minimum atomic E-state index is -0.138. The first kappa shape index (κ1) is 18.5. The van der Waals surface area contributed by atoms with Gasteiger partial charge in [-0.05, 0) is 24.6 Å². The number of esters is 1. The summed E-state index contributed by atoms with van der Waals surface area (Å²) in [4.78, 5) is 25.2. The Balaban J connectivity index is 1.48. The Labute approximate surface area is 153 Å². The molecular formula is C19H27N2O5+. The van der Waals surface area contributed by atoms with Crippen LogP contribution in [0.25, 0.3) is 0 Å². The molecule has 0 saturated carbocycles. The van der Waals surface area contributed by atoms with Gasteiger partial charge in [0.2, 0.25) is 0 Å². The molecule has 7 heteroatoms. The first-order valence-electron chi connectivity index (χ1n) is 9.17. The highest BCUT2D eigenvalue weighted by Crippen LogP contribution is 2.32. The van der Waals surface area contributed by atoms with Gasteiger partial charge in [0.05, 0.1) is 32.2 Å². The fraction of sp³-hybridized carbons (Fsp3) is 0.579. The second-order valence-electron chi connectivity index (χ2n) is 6.92. The van der Waals surface area contributed by atoms with E-state index in [1.165, 1.54) is 12.0 Å². The minimum absolute atomic E-state index is 0.0129. The Bertz CT molecular complexity index is 655. The molecule has 2 aliphatic rings. The summed E-state index contributed by atoms with van der Waals surface area (Å²) in [7, 11) is 1.42. The highest BCUT2D eigenvalue weighted by Gasteiger charge is 2.29. The predicted octanol–water partition coefficient (Wildman–Crippen LogP) is 0.103. The molecule has 1 fully saturated rings. The Morgan fingerprint density at radius 1 is 1.23 bits per heavy atom. The van der Waals surface area contributed by atoms with Crippen LogP contribution in [0.15, 0.2) is 18.2 Å². The van der Waals surface area contributed by atoms with Crippen LogP contribution in [0.1, 0.15) is 31.4 Å². The van der Waals surface area contributed by atoms with Gasteiger partial charge in [0, 0.05) is 12.8 Å². The second kappa shape index (κ2) is 8.40. The number of ether oxygens (including phenoxy) is 3. The summed E-state index contributed by atoms with van der Waals surface area (Å²) in [5.41, 5.74) is 0.988. The van der Waals surface area contributed by atoms with Gasteiger partial charge in [-0.2, -0.15) is 0 Å². The molecule has 26 heavy (non-hydrogen) atoms. The van der Waals surface area contributed by atoms with E-state index >= 15 is 0 Å². The third-order valence-corrected chi connectivity index (χ3v) is 5.08. The number of hydrogen-bond acceptors (Lipinski definition) is 5. The Hall–Kier alpha value is -2.28. The van der Waals surface area contributed by atoms with Crippen molar-refractivity contribution in [2.45, 2.75) is 25.8 Å². The number of methoxy groups -OCH3 is 1. The van der Waals surface area contributed by atoms with Gasteiger partial charge in [0.1, 0.15) is 13.2 Å². The number of fused-ring (bicyclic) bond motifs is 1. The van der Waals surface area contributed by atoms with Crippen molar-refractivity contribution in [2.75, 3.05) is 40.0 Å². The SMILES string of the molecule is COC(=O)C1CC[NH+](CC(=O)N[C@H](C)c2ccc3c(c2)OCCO3)CC1. The average Bonchev–Trinajstić information content (AvgIpc) is 2.67. The molecular weight excluding hydrogens is 336 g/mol. The molecule has 1 amide bonds. The van der Waals surface area contributed by atoms with Gasteiger partial charge in [-0.15, -0.1) is 0 Å². The Kier molecular flexibility index (Phi) is 5.98. The summed E-state index contributed by atoms with van der Waals surface area (Å²) in [6, 6.07) is 5.65. The summed E-state index contributed by atoms with van der Waals surface area (Å²) in [6.07, 6.45) is 1.54. The highest BCUT2D eigenvalue weighted by atomic mass is 16.6. The molecule has 2 heterocycles. The molecule has 0 spiro atoms. The maximum Gasteiger partial charge on any atom is 0.309 e. The molecule has 0 aromatic heterocycles. The summed E-state index contributed by atoms with van der Waals surface area (Å²) >= 11 is 0. The number of nitrogens with one attached hydrogen (secondary N) is 2. The number of carbonyl (C=O) groups is 2. The molecule has 142 valence electrons. The number of benzene rings is 1. The number of piperidine rings is 1. The third-order valence-electron chi connectivity index (χ3n) is 5.08. The number of amides is 1. The number of rotatable bonds is 5. The first-order chi connectivity index (χ1) is 12.6. The van der Waals surface area contributed by atoms with Crippen LogP contribution >= 0.6 is 0 Å². The fourth-order valence-electron chi connectivity index (χ4n) is 3.54. The fourth-order valence-corrected chi connectivity index (χ4v) is 3.54. The maximum absolute atomic E-state index is 12.4. The van der Waals surface area contributed by atoms with Gasteiger partial charge in [-0.25, -0.2) is 0 Å². The van der Waals surface area contributed by atoms with Gasteiger partial charge in [-0.3, -0.25) is 9.59 Å². The molecule has 2 N–H and O–H groups in total. The zero-order chi connectivity index (χ0) is 18.5. The van der Waals surface area contributed by atoms with E-state index in [9.17, 15) is 9.59 Å². The molecule has 0 aliphatic carbocycles. The lowest BCUT2D eigenvalue weighted by Crippen LogP contribution is -3.14. The molecule has 7 nitrogen and oxygen atoms in total. The monoisotopic (exact) mass is 363 g/mol. The first-order valence-corrected chi connectivity index (χ1v) is 9.17. The molecule has 0 radical (unpaired) electrons. The van der Waals surface area contributed by atoms with Crippen molar-refractivity contribution >= 4 is 11.9 Å². The van der Waals surface area contributed by atoms with E-state index in [-0.39, 0.29) is 23.8 Å². The quantitative estimate of drug-likeness (QED) is 0.726.